The predicted octanol–water partition coefficient (Wildman–Crippen LogP) is 0.794. The van der Waals surface area contributed by atoms with Crippen molar-refractivity contribution < 1.29 is 0 Å². The zero-order valence-electron chi connectivity index (χ0n) is 10.6. The second-order valence-corrected chi connectivity index (χ2v) is 4.31. The van der Waals surface area contributed by atoms with Gasteiger partial charge in [0.05, 0.1) is 17.1 Å². The number of nitrogens with zero attached hydrogens (tertiary/aromatic N) is 4. The first-order valence-electron chi connectivity index (χ1n) is 5.84. The molecule has 0 radical (unpaired) electrons. The summed E-state index contributed by atoms with van der Waals surface area (Å²) < 4.78 is 3.75. The molecule has 0 aromatic carbocycles. The van der Waals surface area contributed by atoms with Crippen LogP contribution in [0.15, 0.2) is 18.3 Å². The largest absolute Gasteiger partial charge is 0.311 e. The van der Waals surface area contributed by atoms with Crippen LogP contribution >= 0.6 is 0 Å². The van der Waals surface area contributed by atoms with Gasteiger partial charge in [-0.3, -0.25) is 9.36 Å². The molecule has 2 heterocycles. The van der Waals surface area contributed by atoms with Crippen LogP contribution in [0, 0.1) is 6.92 Å². The first-order chi connectivity index (χ1) is 8.15. The maximum atomic E-state index is 4.34. The Bertz CT molecular complexity index is 483. The lowest BCUT2D eigenvalue weighted by Crippen LogP contribution is -2.18. The molecule has 2 rings (SSSR count). The fraction of sp³-hybridized carbons (Fsp3) is 0.500. The van der Waals surface area contributed by atoms with Crippen molar-refractivity contribution in [1.82, 2.24) is 24.9 Å². The van der Waals surface area contributed by atoms with E-state index in [4.69, 9.17) is 0 Å². The molecule has 0 saturated heterocycles. The Hall–Kier alpha value is -1.62. The van der Waals surface area contributed by atoms with Crippen LogP contribution in [-0.2, 0) is 27.1 Å². The van der Waals surface area contributed by atoms with Crippen molar-refractivity contribution in [2.75, 3.05) is 6.54 Å². The lowest BCUT2D eigenvalue weighted by molar-refractivity contribution is 0.617. The van der Waals surface area contributed by atoms with Gasteiger partial charge in [0.2, 0.25) is 0 Å². The number of rotatable bonds is 5. The number of hydrogen-bond donors (Lipinski definition) is 1. The number of aryl methyl sites for hydroxylation is 3. The van der Waals surface area contributed by atoms with E-state index in [-0.39, 0.29) is 0 Å². The molecule has 92 valence electrons. The lowest BCUT2D eigenvalue weighted by Gasteiger charge is -2.03. The van der Waals surface area contributed by atoms with Crippen LogP contribution in [0.25, 0.3) is 0 Å². The highest BCUT2D eigenvalue weighted by atomic mass is 15.3. The normalized spacial score (nSPS) is 11.0. The Morgan fingerprint density at radius 2 is 2.12 bits per heavy atom. The Labute approximate surface area is 101 Å². The van der Waals surface area contributed by atoms with Gasteiger partial charge in [0.15, 0.2) is 0 Å². The Morgan fingerprint density at radius 3 is 2.71 bits per heavy atom. The zero-order valence-corrected chi connectivity index (χ0v) is 10.6. The summed E-state index contributed by atoms with van der Waals surface area (Å²) in [6.07, 6.45) is 2.93. The van der Waals surface area contributed by atoms with E-state index in [1.54, 1.807) is 0 Å². The third-order valence-electron chi connectivity index (χ3n) is 2.73. The molecule has 5 heteroatoms. The summed E-state index contributed by atoms with van der Waals surface area (Å²) in [5, 5.41) is 12.1. The van der Waals surface area contributed by atoms with E-state index in [1.165, 1.54) is 5.69 Å². The van der Waals surface area contributed by atoms with Crippen molar-refractivity contribution in [2.24, 2.45) is 14.1 Å². The Morgan fingerprint density at radius 1 is 1.29 bits per heavy atom. The summed E-state index contributed by atoms with van der Waals surface area (Å²) in [7, 11) is 3.91. The summed E-state index contributed by atoms with van der Waals surface area (Å²) >= 11 is 0. The van der Waals surface area contributed by atoms with Crippen LogP contribution in [0.2, 0.25) is 0 Å². The van der Waals surface area contributed by atoms with Crippen molar-refractivity contribution in [3.8, 4) is 0 Å². The summed E-state index contributed by atoms with van der Waals surface area (Å²) in [5.41, 5.74) is 3.40. The summed E-state index contributed by atoms with van der Waals surface area (Å²) in [5.74, 6) is 0. The molecule has 2 aromatic rings. The van der Waals surface area contributed by atoms with Gasteiger partial charge in [0, 0.05) is 39.8 Å². The van der Waals surface area contributed by atoms with Gasteiger partial charge in [-0.25, -0.2) is 0 Å². The molecule has 0 amide bonds. The Kier molecular flexibility index (Phi) is 3.58. The van der Waals surface area contributed by atoms with E-state index in [2.05, 4.69) is 27.6 Å². The molecule has 0 aliphatic carbocycles. The molecule has 2 aromatic heterocycles. The molecule has 17 heavy (non-hydrogen) atoms. The van der Waals surface area contributed by atoms with Gasteiger partial charge in [-0.2, -0.15) is 10.2 Å². The second kappa shape index (κ2) is 5.14. The molecule has 0 aliphatic heterocycles. The van der Waals surface area contributed by atoms with Gasteiger partial charge >= 0.3 is 0 Å². The molecular weight excluding hydrogens is 214 g/mol. The van der Waals surface area contributed by atoms with Gasteiger partial charge in [0.1, 0.15) is 0 Å². The molecule has 0 bridgehead atoms. The summed E-state index contributed by atoms with van der Waals surface area (Å²) in [6.45, 7) is 3.79. The van der Waals surface area contributed by atoms with E-state index in [0.717, 1.165) is 30.9 Å². The van der Waals surface area contributed by atoms with Crippen LogP contribution in [0.3, 0.4) is 0 Å². The molecule has 1 N–H and O–H groups in total. The minimum Gasteiger partial charge on any atom is -0.311 e. The minimum atomic E-state index is 0.851. The average molecular weight is 233 g/mol. The van der Waals surface area contributed by atoms with E-state index in [0.29, 0.717) is 0 Å². The number of hydrogen-bond acceptors (Lipinski definition) is 3. The average Bonchev–Trinajstić information content (AvgIpc) is 2.81. The smallest absolute Gasteiger partial charge is 0.0637 e. The van der Waals surface area contributed by atoms with Crippen LogP contribution < -0.4 is 5.32 Å². The molecule has 0 saturated carbocycles. The quantitative estimate of drug-likeness (QED) is 0.777. The van der Waals surface area contributed by atoms with E-state index >= 15 is 0 Å². The summed E-state index contributed by atoms with van der Waals surface area (Å²) in [4.78, 5) is 0. The molecule has 0 fully saturated rings. The van der Waals surface area contributed by atoms with E-state index < -0.39 is 0 Å². The fourth-order valence-electron chi connectivity index (χ4n) is 1.86. The number of nitrogens with one attached hydrogen (secondary N) is 1. The van der Waals surface area contributed by atoms with Gasteiger partial charge in [0.25, 0.3) is 0 Å². The summed E-state index contributed by atoms with van der Waals surface area (Å²) in [6, 6.07) is 4.16. The van der Waals surface area contributed by atoms with Crippen molar-refractivity contribution in [3.63, 3.8) is 0 Å². The van der Waals surface area contributed by atoms with Crippen molar-refractivity contribution in [2.45, 2.75) is 19.9 Å². The predicted molar refractivity (Wildman–Crippen MR) is 66.6 cm³/mol. The standard InChI is InChI=1S/C12H19N5/c1-10-8-12(17(3)14-10)9-13-6-4-11-5-7-16(2)15-11/h5,7-8,13H,4,6,9H2,1-3H3. The molecule has 5 nitrogen and oxygen atoms in total. The molecule has 0 aliphatic rings. The van der Waals surface area contributed by atoms with Crippen LogP contribution in [0.4, 0.5) is 0 Å². The molecule has 0 spiro atoms. The maximum absolute atomic E-state index is 4.34. The van der Waals surface area contributed by atoms with Crippen molar-refractivity contribution in [3.05, 3.63) is 35.4 Å². The maximum Gasteiger partial charge on any atom is 0.0637 e. The van der Waals surface area contributed by atoms with Crippen LogP contribution in [-0.4, -0.2) is 26.1 Å². The Balaban J connectivity index is 1.75. The van der Waals surface area contributed by atoms with Crippen molar-refractivity contribution in [1.29, 1.82) is 0 Å². The van der Waals surface area contributed by atoms with E-state index in [9.17, 15) is 0 Å². The van der Waals surface area contributed by atoms with Gasteiger partial charge < -0.3 is 5.32 Å². The minimum absolute atomic E-state index is 0.851. The SMILES string of the molecule is Cc1cc(CNCCc2ccn(C)n2)n(C)n1. The molecule has 0 atom stereocenters. The fourth-order valence-corrected chi connectivity index (χ4v) is 1.86. The number of aromatic nitrogens is 4. The third kappa shape index (κ3) is 3.17. The van der Waals surface area contributed by atoms with Crippen LogP contribution in [0.5, 0.6) is 0 Å². The lowest BCUT2D eigenvalue weighted by atomic mass is 10.3. The highest BCUT2D eigenvalue weighted by Gasteiger charge is 2.01. The molecular formula is C12H19N5. The highest BCUT2D eigenvalue weighted by Crippen LogP contribution is 2.01. The van der Waals surface area contributed by atoms with Gasteiger partial charge in [-0.15, -0.1) is 0 Å². The topological polar surface area (TPSA) is 47.7 Å². The first kappa shape index (κ1) is 11.9. The van der Waals surface area contributed by atoms with Crippen LogP contribution in [0.1, 0.15) is 17.1 Å². The van der Waals surface area contributed by atoms with Gasteiger partial charge in [-0.1, -0.05) is 0 Å². The second-order valence-electron chi connectivity index (χ2n) is 4.31. The molecule has 0 unspecified atom stereocenters. The monoisotopic (exact) mass is 233 g/mol. The zero-order chi connectivity index (χ0) is 12.3. The first-order valence-corrected chi connectivity index (χ1v) is 5.84. The highest BCUT2D eigenvalue weighted by molar-refractivity contribution is 5.08. The van der Waals surface area contributed by atoms with Crippen molar-refractivity contribution >= 4 is 0 Å². The van der Waals surface area contributed by atoms with Gasteiger partial charge in [-0.05, 0) is 19.1 Å². The van der Waals surface area contributed by atoms with E-state index in [1.807, 2.05) is 36.6 Å². The third-order valence-corrected chi connectivity index (χ3v) is 2.73.